The molecule has 0 atom stereocenters. The van der Waals surface area contributed by atoms with Crippen LogP contribution in [0.3, 0.4) is 0 Å². The molecule has 112 valence electrons. The highest BCUT2D eigenvalue weighted by Crippen LogP contribution is 2.36. The van der Waals surface area contributed by atoms with Crippen LogP contribution < -0.4 is 0 Å². The van der Waals surface area contributed by atoms with Gasteiger partial charge in [-0.2, -0.15) is 0 Å². The summed E-state index contributed by atoms with van der Waals surface area (Å²) in [4.78, 5) is 0. The Hall–Kier alpha value is -0.503. The molecular formula is C16H28NOPSi. The fourth-order valence-electron chi connectivity index (χ4n) is 1.69. The van der Waals surface area contributed by atoms with Gasteiger partial charge in [-0.15, -0.1) is 0 Å². The Morgan fingerprint density at radius 1 is 1.15 bits per heavy atom. The minimum Gasteiger partial charge on any atom is -0.416 e. The van der Waals surface area contributed by atoms with E-state index in [1.807, 2.05) is 0 Å². The number of benzene rings is 1. The van der Waals surface area contributed by atoms with Gasteiger partial charge in [-0.25, -0.2) is 0 Å². The zero-order chi connectivity index (χ0) is 15.9. The fraction of sp³-hybridized carbons (Fsp3) is 0.625. The molecule has 0 spiro atoms. The lowest BCUT2D eigenvalue weighted by Crippen LogP contribution is -2.41. The molecule has 20 heavy (non-hydrogen) atoms. The molecule has 2 nitrogen and oxygen atoms in total. The van der Waals surface area contributed by atoms with Crippen LogP contribution >= 0.6 is 8.98 Å². The summed E-state index contributed by atoms with van der Waals surface area (Å²) in [5.41, 5.74) is 2.62. The third kappa shape index (κ3) is 5.47. The van der Waals surface area contributed by atoms with Crippen molar-refractivity contribution in [2.45, 2.75) is 51.7 Å². The van der Waals surface area contributed by atoms with Gasteiger partial charge in [0, 0.05) is 13.2 Å². The molecule has 1 aromatic carbocycles. The standard InChI is InChI=1S/C16H28NOPSi/c1-16(2,3)20(4,5)18-13-11-15-8-6-14(7-9-15)10-12-17-19/h6-9,19H,10-13H2,1-5H3/i19T. The summed E-state index contributed by atoms with van der Waals surface area (Å²) in [7, 11) is -1.24. The number of hydrogen-bond donors (Lipinski definition) is 0. The van der Waals surface area contributed by atoms with Crippen molar-refractivity contribution in [2.75, 3.05) is 13.2 Å². The van der Waals surface area contributed by atoms with Crippen LogP contribution in [0.15, 0.2) is 29.0 Å². The first-order valence-electron chi connectivity index (χ1n) is 7.73. The van der Waals surface area contributed by atoms with Gasteiger partial charge in [-0.1, -0.05) is 45.0 Å². The van der Waals surface area contributed by atoms with Crippen molar-refractivity contribution in [1.29, 1.82) is 1.28 Å². The van der Waals surface area contributed by atoms with Crippen LogP contribution in [-0.4, -0.2) is 22.7 Å². The zero-order valence-electron chi connectivity index (χ0n) is 14.4. The first-order chi connectivity index (χ1) is 9.76. The lowest BCUT2D eigenvalue weighted by Gasteiger charge is -2.36. The van der Waals surface area contributed by atoms with Crippen molar-refractivity contribution in [1.82, 2.24) is 0 Å². The molecule has 0 aromatic heterocycles. The highest BCUT2D eigenvalue weighted by atomic mass is 31.0. The third-order valence-corrected chi connectivity index (χ3v) is 8.92. The van der Waals surface area contributed by atoms with Crippen molar-refractivity contribution in [3.8, 4) is 0 Å². The Bertz CT molecular complexity index is 454. The Morgan fingerprint density at radius 3 is 2.20 bits per heavy atom. The maximum atomic E-state index is 6.97. The van der Waals surface area contributed by atoms with E-state index >= 15 is 0 Å². The predicted molar refractivity (Wildman–Crippen MR) is 92.6 cm³/mol. The Kier molecular flexibility index (Phi) is 5.95. The summed E-state index contributed by atoms with van der Waals surface area (Å²) < 4.78 is 17.2. The van der Waals surface area contributed by atoms with Gasteiger partial charge < -0.3 is 4.43 Å². The summed E-state index contributed by atoms with van der Waals surface area (Å²) in [6.45, 7) is 13.0. The molecule has 0 amide bonds. The smallest absolute Gasteiger partial charge is 0.191 e. The van der Waals surface area contributed by atoms with Crippen LogP contribution in [0, 0.1) is 0 Å². The van der Waals surface area contributed by atoms with Gasteiger partial charge in [0.25, 0.3) is 0 Å². The highest BCUT2D eigenvalue weighted by Gasteiger charge is 2.36. The molecule has 0 fully saturated rings. The maximum absolute atomic E-state index is 6.97. The molecule has 0 N–H and O–H groups in total. The van der Waals surface area contributed by atoms with Gasteiger partial charge in [0.2, 0.25) is 0 Å². The first-order valence-corrected chi connectivity index (χ1v) is 10.6. The van der Waals surface area contributed by atoms with Crippen LogP contribution in [0.1, 0.15) is 31.9 Å². The average molecular weight is 311 g/mol. The lowest BCUT2D eigenvalue weighted by atomic mass is 10.1. The topological polar surface area (TPSA) is 21.6 Å². The molecule has 0 bridgehead atoms. The lowest BCUT2D eigenvalue weighted by molar-refractivity contribution is 0.292. The van der Waals surface area contributed by atoms with Gasteiger partial charge >= 0.3 is 0 Å². The summed E-state index contributed by atoms with van der Waals surface area (Å²) in [5.74, 6) is 0. The van der Waals surface area contributed by atoms with E-state index < -0.39 is 8.32 Å². The largest absolute Gasteiger partial charge is 0.416 e. The minimum absolute atomic E-state index is 0.275. The van der Waals surface area contributed by atoms with Crippen LogP contribution in [0.4, 0.5) is 0 Å². The fourth-order valence-corrected chi connectivity index (χ4v) is 2.84. The maximum Gasteiger partial charge on any atom is 0.191 e. The predicted octanol–water partition coefficient (Wildman–Crippen LogP) is 5.12. The molecule has 0 saturated carbocycles. The molecule has 0 aliphatic heterocycles. The van der Waals surface area contributed by atoms with Crippen LogP contribution in [-0.2, 0) is 17.3 Å². The molecule has 0 aliphatic carbocycles. The summed E-state index contributed by atoms with van der Waals surface area (Å²) in [5, 5.41) is 0.275. The monoisotopic (exact) mass is 311 g/mol. The van der Waals surface area contributed by atoms with Crippen molar-refractivity contribution >= 4 is 17.3 Å². The second kappa shape index (κ2) is 7.49. The summed E-state index contributed by atoms with van der Waals surface area (Å²) >= 11 is 0. The van der Waals surface area contributed by atoms with Crippen molar-refractivity contribution in [3.05, 3.63) is 35.4 Å². The number of nitrogens with zero attached hydrogens (tertiary/aromatic N) is 1. The molecule has 1 rings (SSSR count). The second-order valence-electron chi connectivity index (χ2n) is 6.79. The third-order valence-electron chi connectivity index (χ3n) is 4.18. The number of hydrogen-bond acceptors (Lipinski definition) is 2. The van der Waals surface area contributed by atoms with E-state index in [1.165, 1.54) is 11.1 Å². The Labute approximate surface area is 128 Å². The molecule has 0 aliphatic rings. The molecule has 1 aromatic rings. The molecule has 0 unspecified atom stereocenters. The summed E-state index contributed by atoms with van der Waals surface area (Å²) in [6, 6.07) is 8.70. The quantitative estimate of drug-likeness (QED) is 0.506. The van der Waals surface area contributed by atoms with Crippen LogP contribution in [0.25, 0.3) is 0 Å². The van der Waals surface area contributed by atoms with E-state index in [0.29, 0.717) is 8.98 Å². The van der Waals surface area contributed by atoms with Gasteiger partial charge in [0.1, 0.15) is 1.28 Å². The summed E-state index contributed by atoms with van der Waals surface area (Å²) in [6.07, 6.45) is 1.90. The van der Waals surface area contributed by atoms with Crippen LogP contribution in [0.2, 0.25) is 18.1 Å². The van der Waals surface area contributed by atoms with Crippen LogP contribution in [0.5, 0.6) is 0 Å². The van der Waals surface area contributed by atoms with Gasteiger partial charge in [0.15, 0.2) is 8.32 Å². The molecule has 0 radical (unpaired) electrons. The number of rotatable bonds is 7. The van der Waals surface area contributed by atoms with E-state index in [4.69, 9.17) is 5.70 Å². The van der Waals surface area contributed by atoms with Crippen molar-refractivity contribution in [3.63, 3.8) is 0 Å². The average Bonchev–Trinajstić information content (AvgIpc) is 2.39. The Balaban J connectivity index is 2.43. The van der Waals surface area contributed by atoms with Gasteiger partial charge in [0.05, 0.1) is 0 Å². The normalized spacial score (nSPS) is 13.8. The minimum atomic E-state index is -1.62. The van der Waals surface area contributed by atoms with E-state index in [1.54, 1.807) is 0 Å². The van der Waals surface area contributed by atoms with Crippen molar-refractivity contribution < 1.29 is 4.43 Å². The molecule has 0 saturated heterocycles. The SMILES string of the molecule is [3H]P=NCCc1ccc(CCO[Si](C)(C)C(C)(C)C)cc1. The second-order valence-corrected chi connectivity index (χ2v) is 11.9. The van der Waals surface area contributed by atoms with E-state index in [9.17, 15) is 0 Å². The highest BCUT2D eigenvalue weighted by molar-refractivity contribution is 7.03. The Morgan fingerprint density at radius 2 is 1.70 bits per heavy atom. The first kappa shape index (κ1) is 15.9. The van der Waals surface area contributed by atoms with Gasteiger partial charge in [-0.3, -0.25) is 4.74 Å². The van der Waals surface area contributed by atoms with Gasteiger partial charge in [-0.05, 0) is 51.1 Å². The zero-order valence-corrected chi connectivity index (χ0v) is 15.3. The van der Waals surface area contributed by atoms with E-state index in [2.05, 4.69) is 62.9 Å². The van der Waals surface area contributed by atoms with Crippen molar-refractivity contribution in [2.24, 2.45) is 4.74 Å². The molecule has 0 heterocycles. The molecule has 4 heteroatoms. The molecular weight excluding hydrogens is 281 g/mol. The van der Waals surface area contributed by atoms with E-state index in [0.717, 1.165) is 26.0 Å². The van der Waals surface area contributed by atoms with E-state index in [-0.39, 0.29) is 5.04 Å².